The first-order chi connectivity index (χ1) is 17.2. The molecule has 5 nitrogen and oxygen atoms in total. The second-order valence-electron chi connectivity index (χ2n) is 8.89. The zero-order valence-corrected chi connectivity index (χ0v) is 21.8. The van der Waals surface area contributed by atoms with Crippen LogP contribution < -0.4 is 5.73 Å². The number of ketones is 2. The number of pyridine rings is 1. The summed E-state index contributed by atoms with van der Waals surface area (Å²) in [5.41, 5.74) is 13.4. The lowest BCUT2D eigenvalue weighted by Crippen LogP contribution is -2.10. The molecule has 2 aromatic heterocycles. The predicted molar refractivity (Wildman–Crippen MR) is 150 cm³/mol. The average Bonchev–Trinajstić information content (AvgIpc) is 3.24. The maximum Gasteiger partial charge on any atom is 0.162 e. The third-order valence-electron chi connectivity index (χ3n) is 6.44. The maximum absolute atomic E-state index is 12.4. The Morgan fingerprint density at radius 1 is 1.06 bits per heavy atom. The molecule has 1 atom stereocenters. The van der Waals surface area contributed by atoms with Gasteiger partial charge in [0.25, 0.3) is 0 Å². The van der Waals surface area contributed by atoms with E-state index in [1.807, 2.05) is 49.4 Å². The van der Waals surface area contributed by atoms with Gasteiger partial charge in [0, 0.05) is 35.0 Å². The molecule has 0 aliphatic heterocycles. The minimum Gasteiger partial charge on any atom is -0.402 e. The molecule has 186 valence electrons. The molecule has 0 saturated carbocycles. The molecule has 0 aliphatic carbocycles. The number of carbonyl (C=O) groups is 2. The number of nitrogens with two attached hydrogens (primary N) is 1. The van der Waals surface area contributed by atoms with E-state index < -0.39 is 0 Å². The summed E-state index contributed by atoms with van der Waals surface area (Å²) in [7, 11) is 0. The number of rotatable bonds is 10. The molecule has 0 radical (unpaired) electrons. The molecular formula is C31H35N3O2. The van der Waals surface area contributed by atoms with Gasteiger partial charge in [-0.15, -0.1) is 0 Å². The minimum atomic E-state index is -0.0950. The number of hydrogen-bond donors (Lipinski definition) is 1. The van der Waals surface area contributed by atoms with E-state index in [9.17, 15) is 9.59 Å². The number of Topliss-reactive ketones (excluding diaryl/α,β-unsaturated/α-hetero) is 2. The van der Waals surface area contributed by atoms with Crippen molar-refractivity contribution in [3.8, 4) is 11.3 Å². The highest BCUT2D eigenvalue weighted by Crippen LogP contribution is 2.35. The Morgan fingerprint density at radius 2 is 1.75 bits per heavy atom. The first kappa shape index (κ1) is 26.6. The summed E-state index contributed by atoms with van der Waals surface area (Å²) in [6, 6.07) is 11.8. The van der Waals surface area contributed by atoms with Gasteiger partial charge in [-0.25, -0.2) is 0 Å². The standard InChI is InChI=1S/C31H35N3O2/c1-7-10-11-12-23(8-2)21(5)34-28(24-13-15-25(16-14-24)30(36)9-3)18-27-29(34)17-26(19-33-27)31(20(4)32)22(6)35/h7,10-19,21H,1,8-9,32H2,2-6H3/b11-10-,23-12+,31-20+. The van der Waals surface area contributed by atoms with Gasteiger partial charge in [-0.2, -0.15) is 0 Å². The highest BCUT2D eigenvalue weighted by Gasteiger charge is 2.21. The number of hydrogen-bond acceptors (Lipinski definition) is 4. The van der Waals surface area contributed by atoms with Crippen molar-refractivity contribution < 1.29 is 9.59 Å². The van der Waals surface area contributed by atoms with Gasteiger partial charge in [0.05, 0.1) is 22.8 Å². The molecule has 0 aliphatic rings. The second-order valence-corrected chi connectivity index (χ2v) is 8.89. The first-order valence-electron chi connectivity index (χ1n) is 12.3. The Hall–Kier alpha value is -3.99. The Bertz CT molecular complexity index is 1380. The molecule has 2 N–H and O–H groups in total. The molecule has 5 heteroatoms. The van der Waals surface area contributed by atoms with Crippen molar-refractivity contribution in [2.45, 2.75) is 53.5 Å². The van der Waals surface area contributed by atoms with Crippen LogP contribution in [0.4, 0.5) is 0 Å². The van der Waals surface area contributed by atoms with E-state index in [1.165, 1.54) is 12.5 Å². The third kappa shape index (κ3) is 5.46. The summed E-state index contributed by atoms with van der Waals surface area (Å²) >= 11 is 0. The van der Waals surface area contributed by atoms with E-state index in [2.05, 4.69) is 37.1 Å². The highest BCUT2D eigenvalue weighted by molar-refractivity contribution is 6.20. The molecule has 2 heterocycles. The summed E-state index contributed by atoms with van der Waals surface area (Å²) in [6.45, 7) is 13.2. The van der Waals surface area contributed by atoms with Crippen molar-refractivity contribution in [1.29, 1.82) is 0 Å². The van der Waals surface area contributed by atoms with Crippen molar-refractivity contribution in [1.82, 2.24) is 9.55 Å². The van der Waals surface area contributed by atoms with Crippen LogP contribution in [0.2, 0.25) is 0 Å². The van der Waals surface area contributed by atoms with E-state index in [4.69, 9.17) is 10.7 Å². The van der Waals surface area contributed by atoms with Crippen LogP contribution in [-0.2, 0) is 4.79 Å². The molecule has 0 bridgehead atoms. The zero-order chi connectivity index (χ0) is 26.4. The maximum atomic E-state index is 12.4. The number of allylic oxidation sites excluding steroid dienone is 7. The normalized spacial score (nSPS) is 13.6. The van der Waals surface area contributed by atoms with E-state index in [1.54, 1.807) is 19.2 Å². The average molecular weight is 482 g/mol. The van der Waals surface area contributed by atoms with Gasteiger partial charge in [0.2, 0.25) is 0 Å². The van der Waals surface area contributed by atoms with Crippen LogP contribution in [0.25, 0.3) is 27.9 Å². The lowest BCUT2D eigenvalue weighted by atomic mass is 10.0. The lowest BCUT2D eigenvalue weighted by Gasteiger charge is -2.22. The Morgan fingerprint density at radius 3 is 2.31 bits per heavy atom. The summed E-state index contributed by atoms with van der Waals surface area (Å²) in [6.07, 6.45) is 10.8. The van der Waals surface area contributed by atoms with Crippen molar-refractivity contribution in [3.05, 3.63) is 95.9 Å². The Labute approximate surface area is 213 Å². The second kappa shape index (κ2) is 11.6. The number of nitrogens with zero attached hydrogens (tertiary/aromatic N) is 2. The van der Waals surface area contributed by atoms with Crippen LogP contribution >= 0.6 is 0 Å². The number of aromatic nitrogens is 2. The molecule has 1 aromatic carbocycles. The number of fused-ring (bicyclic) bond motifs is 1. The molecule has 0 saturated heterocycles. The summed E-state index contributed by atoms with van der Waals surface area (Å²) in [5, 5.41) is 0. The molecule has 3 rings (SSSR count). The van der Waals surface area contributed by atoms with E-state index in [-0.39, 0.29) is 17.6 Å². The van der Waals surface area contributed by atoms with Crippen molar-refractivity contribution >= 4 is 28.2 Å². The van der Waals surface area contributed by atoms with Crippen LogP contribution in [0, 0.1) is 0 Å². The van der Waals surface area contributed by atoms with Gasteiger partial charge in [-0.1, -0.05) is 69.0 Å². The van der Waals surface area contributed by atoms with Gasteiger partial charge in [0.15, 0.2) is 11.6 Å². The Balaban J connectivity index is 2.30. The molecular weight excluding hydrogens is 446 g/mol. The van der Waals surface area contributed by atoms with Gasteiger partial charge in [-0.3, -0.25) is 14.6 Å². The van der Waals surface area contributed by atoms with E-state index in [0.717, 1.165) is 28.7 Å². The van der Waals surface area contributed by atoms with E-state index in [0.29, 0.717) is 28.8 Å². The van der Waals surface area contributed by atoms with Gasteiger partial charge in [0.1, 0.15) is 0 Å². The molecule has 0 amide bonds. The Kier molecular flexibility index (Phi) is 8.59. The quantitative estimate of drug-likeness (QED) is 0.188. The fraction of sp³-hybridized carbons (Fsp3) is 0.258. The SMILES string of the molecule is C=C/C=C\C=C(/CC)C(C)n1c(-c2ccc(C(=O)CC)cc2)cc2ncc(/C(C(C)=O)=C(\C)N)cc21. The fourth-order valence-corrected chi connectivity index (χ4v) is 4.59. The van der Waals surface area contributed by atoms with Crippen LogP contribution in [0.15, 0.2) is 84.7 Å². The molecule has 1 unspecified atom stereocenters. The topological polar surface area (TPSA) is 78.0 Å². The number of carbonyl (C=O) groups excluding carboxylic acids is 2. The largest absolute Gasteiger partial charge is 0.402 e. The highest BCUT2D eigenvalue weighted by atomic mass is 16.1. The monoisotopic (exact) mass is 481 g/mol. The van der Waals surface area contributed by atoms with Gasteiger partial charge in [-0.05, 0) is 50.5 Å². The van der Waals surface area contributed by atoms with Crippen molar-refractivity contribution in [3.63, 3.8) is 0 Å². The molecule has 36 heavy (non-hydrogen) atoms. The summed E-state index contributed by atoms with van der Waals surface area (Å²) in [5.74, 6) is 0.0232. The third-order valence-corrected chi connectivity index (χ3v) is 6.44. The van der Waals surface area contributed by atoms with Crippen molar-refractivity contribution in [2.75, 3.05) is 0 Å². The summed E-state index contributed by atoms with van der Waals surface area (Å²) < 4.78 is 2.25. The smallest absolute Gasteiger partial charge is 0.162 e. The first-order valence-corrected chi connectivity index (χ1v) is 12.3. The van der Waals surface area contributed by atoms with Crippen molar-refractivity contribution in [2.24, 2.45) is 5.73 Å². The van der Waals surface area contributed by atoms with Crippen LogP contribution in [-0.4, -0.2) is 21.1 Å². The summed E-state index contributed by atoms with van der Waals surface area (Å²) in [4.78, 5) is 29.2. The zero-order valence-electron chi connectivity index (χ0n) is 21.8. The van der Waals surface area contributed by atoms with E-state index >= 15 is 0 Å². The van der Waals surface area contributed by atoms with Crippen LogP contribution in [0.5, 0.6) is 0 Å². The van der Waals surface area contributed by atoms with Crippen LogP contribution in [0.1, 0.15) is 69.4 Å². The molecule has 3 aromatic rings. The molecule has 0 fully saturated rings. The lowest BCUT2D eigenvalue weighted by molar-refractivity contribution is -0.111. The molecule has 0 spiro atoms. The number of benzene rings is 1. The predicted octanol–water partition coefficient (Wildman–Crippen LogP) is 7.21. The fourth-order valence-electron chi connectivity index (χ4n) is 4.59. The van der Waals surface area contributed by atoms with Crippen LogP contribution in [0.3, 0.4) is 0 Å². The minimum absolute atomic E-state index is 0.00898. The van der Waals surface area contributed by atoms with Gasteiger partial charge >= 0.3 is 0 Å². The van der Waals surface area contributed by atoms with Gasteiger partial charge < -0.3 is 10.3 Å².